The van der Waals surface area contributed by atoms with Crippen LogP contribution in [0.4, 0.5) is 4.79 Å². The minimum Gasteiger partial charge on any atom is -0.480 e. The van der Waals surface area contributed by atoms with Crippen molar-refractivity contribution >= 4 is 18.0 Å². The Morgan fingerprint density at radius 2 is 1.52 bits per heavy atom. The van der Waals surface area contributed by atoms with Crippen LogP contribution in [0.3, 0.4) is 0 Å². The zero-order valence-corrected chi connectivity index (χ0v) is 19.0. The normalized spacial score (nSPS) is 14.5. The molecule has 8 heteroatoms. The largest absolute Gasteiger partial charge is 0.480 e. The van der Waals surface area contributed by atoms with Gasteiger partial charge >= 0.3 is 12.1 Å². The number of hydrogen-bond donors (Lipinski definition) is 4. The number of fused-ring (bicyclic) bond motifs is 3. The van der Waals surface area contributed by atoms with Gasteiger partial charge in [-0.3, -0.25) is 4.79 Å². The predicted octanol–water partition coefficient (Wildman–Crippen LogP) is 2.89. The van der Waals surface area contributed by atoms with Crippen LogP contribution in [-0.2, 0) is 14.3 Å². The van der Waals surface area contributed by atoms with Gasteiger partial charge < -0.3 is 25.6 Å². The molecule has 0 saturated heterocycles. The highest BCUT2D eigenvalue weighted by Crippen LogP contribution is 2.44. The van der Waals surface area contributed by atoms with Gasteiger partial charge in [-0.25, -0.2) is 9.59 Å². The van der Waals surface area contributed by atoms with Gasteiger partial charge in [0.2, 0.25) is 5.91 Å². The summed E-state index contributed by atoms with van der Waals surface area (Å²) in [4.78, 5) is 36.8. The van der Waals surface area contributed by atoms with E-state index in [0.29, 0.717) is 0 Å². The molecule has 8 nitrogen and oxygen atoms in total. The van der Waals surface area contributed by atoms with E-state index < -0.39 is 42.1 Å². The third-order valence-corrected chi connectivity index (χ3v) is 5.77. The lowest BCUT2D eigenvalue weighted by Gasteiger charge is -2.31. The van der Waals surface area contributed by atoms with Crippen molar-refractivity contribution in [2.45, 2.75) is 45.2 Å². The lowest BCUT2D eigenvalue weighted by Crippen LogP contribution is -2.56. The second-order valence-electron chi connectivity index (χ2n) is 9.18. The zero-order chi connectivity index (χ0) is 24.2. The summed E-state index contributed by atoms with van der Waals surface area (Å²) >= 11 is 0. The first-order chi connectivity index (χ1) is 15.6. The van der Waals surface area contributed by atoms with Gasteiger partial charge in [0, 0.05) is 18.9 Å². The number of benzene rings is 2. The Labute approximate surface area is 193 Å². The summed E-state index contributed by atoms with van der Waals surface area (Å²) in [5.41, 5.74) is 3.66. The molecule has 0 spiro atoms. The summed E-state index contributed by atoms with van der Waals surface area (Å²) in [5.74, 6) is -2.03. The molecule has 0 radical (unpaired) electrons. The van der Waals surface area contributed by atoms with Gasteiger partial charge in [0.1, 0.15) is 18.7 Å². The van der Waals surface area contributed by atoms with Crippen molar-refractivity contribution in [2.75, 3.05) is 13.2 Å². The third-order valence-electron chi connectivity index (χ3n) is 5.77. The first-order valence-electron chi connectivity index (χ1n) is 10.9. The molecule has 0 bridgehead atoms. The number of rotatable bonds is 8. The standard InChI is InChI=1S/C25H30N2O6/c1-25(2,3)21(22(29)26-20(12-13-28)23(30)31)27-24(32)33-14-19-17-10-6-4-8-15(17)16-9-5-7-11-18(16)19/h4-11,19-21,28H,12-14H2,1-3H3,(H,26,29)(H,27,32)(H,30,31)/t20?,21-/m1/s1. The van der Waals surface area contributed by atoms with E-state index >= 15 is 0 Å². The molecule has 1 aliphatic rings. The Hall–Kier alpha value is -3.39. The van der Waals surface area contributed by atoms with Crippen molar-refractivity contribution in [1.82, 2.24) is 10.6 Å². The van der Waals surface area contributed by atoms with Gasteiger partial charge in [0.15, 0.2) is 0 Å². The van der Waals surface area contributed by atoms with Crippen molar-refractivity contribution in [3.8, 4) is 11.1 Å². The first kappa shape index (κ1) is 24.3. The first-order valence-corrected chi connectivity index (χ1v) is 10.9. The number of carboxylic acid groups (broad SMARTS) is 1. The Balaban J connectivity index is 1.69. The van der Waals surface area contributed by atoms with E-state index in [2.05, 4.69) is 10.6 Å². The van der Waals surface area contributed by atoms with Gasteiger partial charge in [0.05, 0.1) is 0 Å². The van der Waals surface area contributed by atoms with Crippen molar-refractivity contribution in [1.29, 1.82) is 0 Å². The van der Waals surface area contributed by atoms with E-state index in [0.717, 1.165) is 22.3 Å². The Morgan fingerprint density at radius 1 is 0.970 bits per heavy atom. The van der Waals surface area contributed by atoms with Crippen molar-refractivity contribution in [2.24, 2.45) is 5.41 Å². The summed E-state index contributed by atoms with van der Waals surface area (Å²) in [6.45, 7) is 4.96. The molecule has 2 amide bonds. The molecular weight excluding hydrogens is 424 g/mol. The van der Waals surface area contributed by atoms with Crippen LogP contribution in [0.15, 0.2) is 48.5 Å². The Morgan fingerprint density at radius 3 is 2.00 bits per heavy atom. The SMILES string of the molecule is CC(C)(C)[C@H](NC(=O)OCC1c2ccccc2-c2ccccc21)C(=O)NC(CCO)C(=O)O. The molecule has 0 saturated carbocycles. The lowest BCUT2D eigenvalue weighted by atomic mass is 9.86. The van der Waals surface area contributed by atoms with Crippen LogP contribution < -0.4 is 10.6 Å². The average molecular weight is 455 g/mol. The van der Waals surface area contributed by atoms with Crippen LogP contribution in [-0.4, -0.2) is 53.5 Å². The lowest BCUT2D eigenvalue weighted by molar-refractivity contribution is -0.143. The minimum atomic E-state index is -1.26. The van der Waals surface area contributed by atoms with Crippen LogP contribution in [0.2, 0.25) is 0 Å². The van der Waals surface area contributed by atoms with Crippen LogP contribution in [0.5, 0.6) is 0 Å². The van der Waals surface area contributed by atoms with E-state index in [1.807, 2.05) is 48.5 Å². The molecule has 0 heterocycles. The molecule has 33 heavy (non-hydrogen) atoms. The van der Waals surface area contributed by atoms with Gasteiger partial charge in [-0.2, -0.15) is 0 Å². The van der Waals surface area contributed by atoms with Crippen molar-refractivity contribution < 1.29 is 29.3 Å². The Bertz CT molecular complexity index is 984. The molecule has 0 aromatic heterocycles. The maximum atomic E-state index is 12.8. The summed E-state index contributed by atoms with van der Waals surface area (Å²) in [5, 5.41) is 23.3. The highest BCUT2D eigenvalue weighted by atomic mass is 16.5. The number of carboxylic acids is 1. The molecular formula is C25H30N2O6. The molecule has 2 aromatic rings. The molecule has 0 fully saturated rings. The number of carbonyl (C=O) groups is 3. The van der Waals surface area contributed by atoms with Crippen LogP contribution in [0, 0.1) is 5.41 Å². The number of alkyl carbamates (subject to hydrolysis) is 1. The van der Waals surface area contributed by atoms with Gasteiger partial charge in [-0.1, -0.05) is 69.3 Å². The van der Waals surface area contributed by atoms with E-state index in [4.69, 9.17) is 9.84 Å². The molecule has 2 atom stereocenters. The van der Waals surface area contributed by atoms with Gasteiger partial charge in [0.25, 0.3) is 0 Å². The minimum absolute atomic E-state index is 0.0978. The number of hydrogen-bond acceptors (Lipinski definition) is 5. The average Bonchev–Trinajstić information content (AvgIpc) is 3.08. The Kier molecular flexibility index (Phi) is 7.38. The highest BCUT2D eigenvalue weighted by molar-refractivity contribution is 5.90. The molecule has 3 rings (SSSR count). The second kappa shape index (κ2) is 10.0. The summed E-state index contributed by atoms with van der Waals surface area (Å²) in [7, 11) is 0. The topological polar surface area (TPSA) is 125 Å². The van der Waals surface area contributed by atoms with E-state index in [1.165, 1.54) is 0 Å². The van der Waals surface area contributed by atoms with Crippen LogP contribution >= 0.6 is 0 Å². The molecule has 1 aliphatic carbocycles. The monoisotopic (exact) mass is 454 g/mol. The van der Waals surface area contributed by atoms with E-state index in [9.17, 15) is 19.5 Å². The second-order valence-corrected chi connectivity index (χ2v) is 9.18. The summed E-state index contributed by atoms with van der Waals surface area (Å²) < 4.78 is 5.53. The summed E-state index contributed by atoms with van der Waals surface area (Å²) in [6, 6.07) is 13.7. The number of carbonyl (C=O) groups excluding carboxylic acids is 2. The van der Waals surface area contributed by atoms with E-state index in [1.54, 1.807) is 20.8 Å². The molecule has 176 valence electrons. The predicted molar refractivity (Wildman–Crippen MR) is 123 cm³/mol. The van der Waals surface area contributed by atoms with Crippen LogP contribution in [0.25, 0.3) is 11.1 Å². The molecule has 1 unspecified atom stereocenters. The van der Waals surface area contributed by atoms with Crippen molar-refractivity contribution in [3.63, 3.8) is 0 Å². The van der Waals surface area contributed by atoms with Gasteiger partial charge in [-0.05, 0) is 27.7 Å². The van der Waals surface area contributed by atoms with Crippen molar-refractivity contribution in [3.05, 3.63) is 59.7 Å². The zero-order valence-electron chi connectivity index (χ0n) is 19.0. The fourth-order valence-corrected chi connectivity index (χ4v) is 4.07. The number of ether oxygens (including phenoxy) is 1. The number of amides is 2. The number of nitrogens with one attached hydrogen (secondary N) is 2. The third kappa shape index (κ3) is 5.51. The highest BCUT2D eigenvalue weighted by Gasteiger charge is 2.36. The van der Waals surface area contributed by atoms with E-state index in [-0.39, 0.29) is 18.9 Å². The maximum absolute atomic E-state index is 12.8. The van der Waals surface area contributed by atoms with Gasteiger partial charge in [-0.15, -0.1) is 0 Å². The fourth-order valence-electron chi connectivity index (χ4n) is 4.07. The molecule has 4 N–H and O–H groups in total. The molecule has 2 aromatic carbocycles. The number of aliphatic hydroxyl groups is 1. The smallest absolute Gasteiger partial charge is 0.407 e. The maximum Gasteiger partial charge on any atom is 0.407 e. The van der Waals surface area contributed by atoms with Crippen LogP contribution in [0.1, 0.15) is 44.2 Å². The number of aliphatic carboxylic acids is 1. The quantitative estimate of drug-likeness (QED) is 0.486. The summed E-state index contributed by atoms with van der Waals surface area (Å²) in [6.07, 6.45) is -0.899. The fraction of sp³-hybridized carbons (Fsp3) is 0.400. The molecule has 0 aliphatic heterocycles. The number of aliphatic hydroxyl groups excluding tert-OH is 1.